The molecular formula is C25H24N2O2S. The maximum atomic E-state index is 12.9. The van der Waals surface area contributed by atoms with Gasteiger partial charge in [0.1, 0.15) is 11.5 Å². The van der Waals surface area contributed by atoms with Crippen molar-refractivity contribution in [3.63, 3.8) is 0 Å². The number of benzene rings is 3. The number of aromatic nitrogens is 1. The molecule has 0 fully saturated rings. The van der Waals surface area contributed by atoms with Crippen molar-refractivity contribution in [3.05, 3.63) is 88.7 Å². The monoisotopic (exact) mass is 416 g/mol. The fourth-order valence-corrected chi connectivity index (χ4v) is 4.45. The van der Waals surface area contributed by atoms with Gasteiger partial charge in [-0.1, -0.05) is 55.5 Å². The maximum Gasteiger partial charge on any atom is 0.279 e. The number of hydrogen-bond donors (Lipinski definition) is 0. The topological polar surface area (TPSA) is 43.6 Å². The molecule has 30 heavy (non-hydrogen) atoms. The van der Waals surface area contributed by atoms with Crippen LogP contribution in [-0.2, 0) is 13.0 Å². The van der Waals surface area contributed by atoms with E-state index in [0.717, 1.165) is 40.2 Å². The molecule has 0 unspecified atom stereocenters. The van der Waals surface area contributed by atoms with Crippen LogP contribution >= 0.6 is 11.3 Å². The van der Waals surface area contributed by atoms with Gasteiger partial charge in [-0.25, -0.2) is 0 Å². The van der Waals surface area contributed by atoms with Gasteiger partial charge in [0, 0.05) is 12.1 Å². The van der Waals surface area contributed by atoms with E-state index in [9.17, 15) is 4.79 Å². The fourth-order valence-electron chi connectivity index (χ4n) is 3.33. The summed E-state index contributed by atoms with van der Waals surface area (Å²) in [5.74, 6) is 1.09. The van der Waals surface area contributed by atoms with Crippen molar-refractivity contribution in [3.8, 4) is 11.5 Å². The number of carbonyl (C=O) groups is 1. The molecule has 0 aliphatic heterocycles. The first-order valence-electron chi connectivity index (χ1n) is 10.2. The van der Waals surface area contributed by atoms with Gasteiger partial charge in [0.2, 0.25) is 0 Å². The minimum absolute atomic E-state index is 0.263. The second-order valence-electron chi connectivity index (χ2n) is 7.05. The number of thiazole rings is 1. The minimum atomic E-state index is -0.263. The average Bonchev–Trinajstić information content (AvgIpc) is 3.11. The third-order valence-corrected chi connectivity index (χ3v) is 5.90. The number of para-hydroxylation sites is 1. The highest BCUT2D eigenvalue weighted by molar-refractivity contribution is 7.16. The van der Waals surface area contributed by atoms with E-state index in [1.165, 1.54) is 5.56 Å². The van der Waals surface area contributed by atoms with Crippen molar-refractivity contribution < 1.29 is 9.53 Å². The second kappa shape index (κ2) is 9.09. The molecular weight excluding hydrogens is 392 g/mol. The highest BCUT2D eigenvalue weighted by Crippen LogP contribution is 2.23. The Labute approximate surface area is 180 Å². The summed E-state index contributed by atoms with van der Waals surface area (Å²) < 4.78 is 9.16. The molecule has 0 radical (unpaired) electrons. The lowest BCUT2D eigenvalue weighted by atomic mass is 10.2. The Hall–Kier alpha value is -3.18. The van der Waals surface area contributed by atoms with Crippen molar-refractivity contribution in [1.82, 2.24) is 4.57 Å². The van der Waals surface area contributed by atoms with Crippen molar-refractivity contribution in [2.24, 2.45) is 4.99 Å². The lowest BCUT2D eigenvalue weighted by molar-refractivity contribution is 0.0997. The highest BCUT2D eigenvalue weighted by atomic mass is 32.1. The summed E-state index contributed by atoms with van der Waals surface area (Å²) >= 11 is 1.57. The Bertz CT molecular complexity index is 1240. The van der Waals surface area contributed by atoms with E-state index in [4.69, 9.17) is 4.74 Å². The third kappa shape index (κ3) is 4.36. The molecule has 3 aromatic carbocycles. The van der Waals surface area contributed by atoms with E-state index in [2.05, 4.69) is 41.6 Å². The Morgan fingerprint density at radius 2 is 1.77 bits per heavy atom. The number of nitrogens with zero attached hydrogens (tertiary/aromatic N) is 2. The molecule has 0 saturated carbocycles. The van der Waals surface area contributed by atoms with E-state index in [1.54, 1.807) is 23.5 Å². The molecule has 4 rings (SSSR count). The summed E-state index contributed by atoms with van der Waals surface area (Å²) in [5.41, 5.74) is 2.93. The van der Waals surface area contributed by atoms with Crippen LogP contribution in [0.2, 0.25) is 0 Å². The first kappa shape index (κ1) is 20.1. The van der Waals surface area contributed by atoms with Gasteiger partial charge in [-0.15, -0.1) is 0 Å². The first-order valence-corrected chi connectivity index (χ1v) is 11.0. The summed E-state index contributed by atoms with van der Waals surface area (Å²) in [6.45, 7) is 5.11. The molecule has 4 nitrogen and oxygen atoms in total. The first-order chi connectivity index (χ1) is 14.7. The number of fused-ring (bicyclic) bond motifs is 1. The van der Waals surface area contributed by atoms with Gasteiger partial charge in [-0.2, -0.15) is 4.99 Å². The minimum Gasteiger partial charge on any atom is -0.457 e. The van der Waals surface area contributed by atoms with Gasteiger partial charge in [-0.3, -0.25) is 4.79 Å². The molecule has 5 heteroatoms. The standard InChI is InChI=1S/C25H24N2O2S/c1-3-15-27-22-14-13-18(4-2)16-23(22)30-25(27)26-24(28)19-9-8-12-21(17-19)29-20-10-6-5-7-11-20/h5-14,16-17H,3-4,15H2,1-2H3. The van der Waals surface area contributed by atoms with Crippen LogP contribution in [0, 0.1) is 0 Å². The SMILES string of the molecule is CCCn1c(=NC(=O)c2cccc(Oc3ccccc3)c2)sc2cc(CC)ccc21. The smallest absolute Gasteiger partial charge is 0.279 e. The Kier molecular flexibility index (Phi) is 6.10. The summed E-state index contributed by atoms with van der Waals surface area (Å²) in [7, 11) is 0. The predicted octanol–water partition coefficient (Wildman–Crippen LogP) is 6.21. The van der Waals surface area contributed by atoms with Crippen molar-refractivity contribution in [2.75, 3.05) is 0 Å². The number of amides is 1. The molecule has 0 N–H and O–H groups in total. The zero-order valence-electron chi connectivity index (χ0n) is 17.2. The molecule has 4 aromatic rings. The molecule has 0 atom stereocenters. The number of hydrogen-bond acceptors (Lipinski definition) is 3. The highest BCUT2D eigenvalue weighted by Gasteiger charge is 2.10. The number of rotatable bonds is 6. The van der Waals surface area contributed by atoms with Crippen molar-refractivity contribution in [2.45, 2.75) is 33.2 Å². The van der Waals surface area contributed by atoms with Crippen molar-refractivity contribution >= 4 is 27.5 Å². The van der Waals surface area contributed by atoms with Gasteiger partial charge in [0.25, 0.3) is 5.91 Å². The molecule has 0 aliphatic rings. The summed E-state index contributed by atoms with van der Waals surface area (Å²) in [6, 6.07) is 23.2. The molecule has 0 aliphatic carbocycles. The van der Waals surface area contributed by atoms with Gasteiger partial charge in [0.15, 0.2) is 4.80 Å². The van der Waals surface area contributed by atoms with Crippen LogP contribution in [0.25, 0.3) is 10.2 Å². The van der Waals surface area contributed by atoms with Crippen LogP contribution in [0.5, 0.6) is 11.5 Å². The molecule has 0 bridgehead atoms. The number of ether oxygens (including phenoxy) is 1. The normalized spacial score (nSPS) is 11.7. The van der Waals surface area contributed by atoms with Crippen LogP contribution in [0.1, 0.15) is 36.2 Å². The van der Waals surface area contributed by atoms with Gasteiger partial charge >= 0.3 is 0 Å². The van der Waals surface area contributed by atoms with Gasteiger partial charge in [0.05, 0.1) is 10.2 Å². The zero-order chi connectivity index (χ0) is 20.9. The largest absolute Gasteiger partial charge is 0.457 e. The fraction of sp³-hybridized carbons (Fsp3) is 0.200. The quantitative estimate of drug-likeness (QED) is 0.375. The molecule has 0 saturated heterocycles. The van der Waals surface area contributed by atoms with Gasteiger partial charge < -0.3 is 9.30 Å². The summed E-state index contributed by atoms with van der Waals surface area (Å²) in [4.78, 5) is 18.2. The summed E-state index contributed by atoms with van der Waals surface area (Å²) in [5, 5.41) is 0. The van der Waals surface area contributed by atoms with Gasteiger partial charge in [-0.05, 0) is 60.9 Å². The van der Waals surface area contributed by atoms with Crippen molar-refractivity contribution in [1.29, 1.82) is 0 Å². The molecule has 1 amide bonds. The molecule has 1 aromatic heterocycles. The van der Waals surface area contributed by atoms with E-state index in [1.807, 2.05) is 42.5 Å². The second-order valence-corrected chi connectivity index (χ2v) is 8.06. The maximum absolute atomic E-state index is 12.9. The Balaban J connectivity index is 1.69. The van der Waals surface area contributed by atoms with Crippen LogP contribution in [-0.4, -0.2) is 10.5 Å². The lowest BCUT2D eigenvalue weighted by Gasteiger charge is -2.06. The van der Waals surface area contributed by atoms with E-state index >= 15 is 0 Å². The third-order valence-electron chi connectivity index (χ3n) is 4.86. The number of aryl methyl sites for hydroxylation is 2. The average molecular weight is 417 g/mol. The summed E-state index contributed by atoms with van der Waals surface area (Å²) in [6.07, 6.45) is 1.96. The molecule has 0 spiro atoms. The van der Waals surface area contributed by atoms with E-state index < -0.39 is 0 Å². The zero-order valence-corrected chi connectivity index (χ0v) is 18.0. The molecule has 152 valence electrons. The Morgan fingerprint density at radius 3 is 2.53 bits per heavy atom. The lowest BCUT2D eigenvalue weighted by Crippen LogP contribution is -2.16. The Morgan fingerprint density at radius 1 is 0.967 bits per heavy atom. The van der Waals surface area contributed by atoms with E-state index in [0.29, 0.717) is 11.3 Å². The van der Waals surface area contributed by atoms with E-state index in [-0.39, 0.29) is 5.91 Å². The van der Waals surface area contributed by atoms with Crippen LogP contribution in [0.3, 0.4) is 0 Å². The van der Waals surface area contributed by atoms with Crippen LogP contribution in [0.4, 0.5) is 0 Å². The number of carbonyl (C=O) groups excluding carboxylic acids is 1. The van der Waals surface area contributed by atoms with Crippen LogP contribution < -0.4 is 9.54 Å². The predicted molar refractivity (Wildman–Crippen MR) is 122 cm³/mol. The molecule has 1 heterocycles. The van der Waals surface area contributed by atoms with Crippen LogP contribution in [0.15, 0.2) is 77.8 Å².